The molecule has 2 N–H and O–H groups in total. The number of nitrogens with zero attached hydrogens (tertiary/aromatic N) is 7. The summed E-state index contributed by atoms with van der Waals surface area (Å²) in [7, 11) is -4.04. The molecule has 2 heterocycles. The lowest BCUT2D eigenvalue weighted by atomic mass is 9.86. The summed E-state index contributed by atoms with van der Waals surface area (Å²) in [6, 6.07) is 19.1. The normalized spacial score (nSPS) is 17.2. The first-order valence-corrected chi connectivity index (χ1v) is 13.7. The Kier molecular flexibility index (Phi) is 8.37. The minimum atomic E-state index is -4.04. The van der Waals surface area contributed by atoms with E-state index in [1.165, 1.54) is 14.0 Å². The van der Waals surface area contributed by atoms with E-state index in [2.05, 4.69) is 26.6 Å². The number of halogens is 1. The van der Waals surface area contributed by atoms with Crippen LogP contribution in [-0.4, -0.2) is 64.8 Å². The predicted molar refractivity (Wildman–Crippen MR) is 147 cm³/mol. The summed E-state index contributed by atoms with van der Waals surface area (Å²) in [4.78, 5) is 4.36. The lowest BCUT2D eigenvalue weighted by Crippen LogP contribution is -2.38. The third kappa shape index (κ3) is 6.24. The van der Waals surface area contributed by atoms with Crippen LogP contribution in [0.1, 0.15) is 37.3 Å². The summed E-state index contributed by atoms with van der Waals surface area (Å²) < 4.78 is 32.9. The van der Waals surface area contributed by atoms with Gasteiger partial charge in [0.2, 0.25) is 5.96 Å². The van der Waals surface area contributed by atoms with Crippen LogP contribution in [0, 0.1) is 0 Å². The van der Waals surface area contributed by atoms with E-state index in [1.807, 2.05) is 30.3 Å². The molecule has 0 spiro atoms. The molecule has 0 saturated carbocycles. The van der Waals surface area contributed by atoms with Crippen LogP contribution in [0.5, 0.6) is 0 Å². The van der Waals surface area contributed by atoms with Gasteiger partial charge in [0, 0.05) is 43.0 Å². The first kappa shape index (κ1) is 26.5. The van der Waals surface area contributed by atoms with Crippen molar-refractivity contribution in [2.24, 2.45) is 20.2 Å². The highest BCUT2D eigenvalue weighted by atomic mass is 35.5. The molecule has 0 fully saturated rings. The molecule has 0 saturated heterocycles. The average molecular weight is 541 g/mol. The van der Waals surface area contributed by atoms with Gasteiger partial charge in [-0.1, -0.05) is 67.9 Å². The molecule has 3 aromatic rings. The molecule has 37 heavy (non-hydrogen) atoms. The van der Waals surface area contributed by atoms with Gasteiger partial charge >= 0.3 is 10.2 Å². The van der Waals surface area contributed by atoms with Crippen molar-refractivity contribution < 1.29 is 8.42 Å². The van der Waals surface area contributed by atoms with E-state index in [0.29, 0.717) is 18.0 Å². The van der Waals surface area contributed by atoms with Gasteiger partial charge in [-0.05, 0) is 35.7 Å². The number of hydrogen-bond acceptors (Lipinski definition) is 4. The number of benzene rings is 2. The van der Waals surface area contributed by atoms with Gasteiger partial charge in [0.15, 0.2) is 0 Å². The summed E-state index contributed by atoms with van der Waals surface area (Å²) in [5.41, 5.74) is 8.87. The highest BCUT2D eigenvalue weighted by Gasteiger charge is 2.30. The third-order valence-corrected chi connectivity index (χ3v) is 7.76. The van der Waals surface area contributed by atoms with Gasteiger partial charge in [-0.2, -0.15) is 27.9 Å². The van der Waals surface area contributed by atoms with Crippen LogP contribution in [0.2, 0.25) is 5.02 Å². The molecule has 1 aromatic heterocycles. The molecule has 2 aromatic carbocycles. The molecular formula is C25H29ClN8O2S. The lowest BCUT2D eigenvalue weighted by Gasteiger charge is -2.31. The van der Waals surface area contributed by atoms with Gasteiger partial charge < -0.3 is 5.73 Å². The van der Waals surface area contributed by atoms with Gasteiger partial charge in [-0.15, -0.1) is 4.40 Å². The van der Waals surface area contributed by atoms with Gasteiger partial charge in [-0.3, -0.25) is 0 Å². The predicted octanol–water partition coefficient (Wildman–Crippen LogP) is 3.54. The Morgan fingerprint density at radius 1 is 1.11 bits per heavy atom. The van der Waals surface area contributed by atoms with E-state index in [-0.39, 0.29) is 30.9 Å². The fourth-order valence-corrected chi connectivity index (χ4v) is 5.30. The van der Waals surface area contributed by atoms with Crippen molar-refractivity contribution in [1.29, 1.82) is 0 Å². The summed E-state index contributed by atoms with van der Waals surface area (Å²) in [6.07, 6.45) is 3.81. The fourth-order valence-electron chi connectivity index (χ4n) is 4.07. The molecule has 0 aliphatic carbocycles. The van der Waals surface area contributed by atoms with Crippen LogP contribution in [0.4, 0.5) is 0 Å². The van der Waals surface area contributed by atoms with Crippen molar-refractivity contribution in [3.05, 3.63) is 89.2 Å². The Morgan fingerprint density at radius 2 is 1.81 bits per heavy atom. The van der Waals surface area contributed by atoms with Gasteiger partial charge in [0.05, 0.1) is 5.71 Å². The van der Waals surface area contributed by atoms with Crippen LogP contribution < -0.4 is 5.73 Å². The highest BCUT2D eigenvalue weighted by Crippen LogP contribution is 2.30. The van der Waals surface area contributed by atoms with Crippen LogP contribution in [0.3, 0.4) is 0 Å². The molecule has 4 rings (SSSR count). The number of hydrazone groups is 1. The molecule has 0 radical (unpaired) electrons. The molecule has 0 bridgehead atoms. The Labute approximate surface area is 222 Å². The second-order valence-electron chi connectivity index (χ2n) is 8.24. The van der Waals surface area contributed by atoms with E-state index >= 15 is 0 Å². The zero-order valence-electron chi connectivity index (χ0n) is 20.6. The number of aromatic nitrogens is 2. The molecule has 0 amide bonds. The van der Waals surface area contributed by atoms with Crippen molar-refractivity contribution in [2.75, 3.05) is 19.6 Å². The molecular weight excluding hydrogens is 512 g/mol. The zero-order valence-corrected chi connectivity index (χ0v) is 22.2. The minimum Gasteiger partial charge on any atom is -0.368 e. The number of hydrogen-bond donors (Lipinski definition) is 1. The zero-order chi connectivity index (χ0) is 26.4. The first-order valence-electron chi connectivity index (χ1n) is 11.9. The summed E-state index contributed by atoms with van der Waals surface area (Å²) in [5.74, 6) is -0.198. The van der Waals surface area contributed by atoms with Gasteiger partial charge in [-0.25, -0.2) is 9.69 Å². The molecule has 1 unspecified atom stereocenters. The first-order chi connectivity index (χ1) is 17.8. The van der Waals surface area contributed by atoms with Crippen molar-refractivity contribution >= 4 is 39.4 Å². The molecule has 1 aliphatic heterocycles. The molecule has 10 nitrogen and oxygen atoms in total. The molecule has 1 atom stereocenters. The Bertz CT molecular complexity index is 1380. The monoisotopic (exact) mass is 540 g/mol. The van der Waals surface area contributed by atoms with Crippen molar-refractivity contribution in [3.8, 4) is 0 Å². The van der Waals surface area contributed by atoms with E-state index < -0.39 is 10.2 Å². The van der Waals surface area contributed by atoms with E-state index in [4.69, 9.17) is 22.4 Å². The number of guanidine groups is 1. The Balaban J connectivity index is 1.84. The smallest absolute Gasteiger partial charge is 0.325 e. The Morgan fingerprint density at radius 3 is 2.43 bits per heavy atom. The number of rotatable bonds is 6. The van der Waals surface area contributed by atoms with E-state index in [1.54, 1.807) is 44.4 Å². The van der Waals surface area contributed by atoms with E-state index in [0.717, 1.165) is 16.8 Å². The van der Waals surface area contributed by atoms with E-state index in [9.17, 15) is 8.42 Å². The maximum absolute atomic E-state index is 13.1. The van der Waals surface area contributed by atoms with Crippen molar-refractivity contribution in [2.45, 2.75) is 26.2 Å². The average Bonchev–Trinajstić information content (AvgIpc) is 3.45. The Hall–Kier alpha value is -3.54. The van der Waals surface area contributed by atoms with Crippen LogP contribution >= 0.6 is 11.6 Å². The largest absolute Gasteiger partial charge is 0.368 e. The van der Waals surface area contributed by atoms with Crippen molar-refractivity contribution in [3.63, 3.8) is 0 Å². The van der Waals surface area contributed by atoms with Gasteiger partial charge in [0.1, 0.15) is 0 Å². The lowest BCUT2D eigenvalue weighted by molar-refractivity contribution is 0.398. The number of nitrogens with two attached hydrogens (primary N) is 1. The van der Waals surface area contributed by atoms with Crippen molar-refractivity contribution in [1.82, 2.24) is 19.1 Å². The molecule has 194 valence electrons. The molecule has 1 aliphatic rings. The summed E-state index contributed by atoms with van der Waals surface area (Å²) >= 11 is 6.14. The van der Waals surface area contributed by atoms with Crippen LogP contribution in [0.25, 0.3) is 0 Å². The van der Waals surface area contributed by atoms with Crippen LogP contribution in [0.15, 0.2) is 87.5 Å². The quantitative estimate of drug-likeness (QED) is 0.378. The van der Waals surface area contributed by atoms with Gasteiger partial charge in [0.25, 0.3) is 5.96 Å². The second-order valence-corrected chi connectivity index (χ2v) is 10.3. The SMILES string of the molecule is CCN(CC)S(=O)(=O)/N=C(\N=C(/N)n1cccn1)N1CCC(c2ccccc2)C(c2ccc(Cl)cc2)=N1. The summed E-state index contributed by atoms with van der Waals surface area (Å²) in [5, 5.41) is 11.0. The minimum absolute atomic E-state index is 0.0216. The maximum atomic E-state index is 13.1. The summed E-state index contributed by atoms with van der Waals surface area (Å²) in [6.45, 7) is 4.41. The molecule has 12 heteroatoms. The second kappa shape index (κ2) is 11.7. The number of aliphatic imine (C=N–C) groups is 1. The van der Waals surface area contributed by atoms with Crippen LogP contribution in [-0.2, 0) is 10.2 Å². The fraction of sp³-hybridized carbons (Fsp3) is 0.280. The highest BCUT2D eigenvalue weighted by molar-refractivity contribution is 7.87. The maximum Gasteiger partial charge on any atom is 0.325 e. The standard InChI is InChI=1S/C25H29ClN8O2S/c1-3-32(4-2)37(35,36)31-25(29-24(27)33-17-8-16-28-33)34-18-15-22(19-9-6-5-7-10-19)23(30-34)20-11-13-21(26)14-12-20/h5-14,16-17,22H,3-4,15,18H2,1-2H3,(H2,27,29,31). The third-order valence-electron chi connectivity index (χ3n) is 5.94. The topological polar surface area (TPSA) is 122 Å².